The average molecular weight is 397 g/mol. The van der Waals surface area contributed by atoms with Crippen LogP contribution < -0.4 is 0 Å². The number of aliphatic hydroxyl groups excluding tert-OH is 1. The first kappa shape index (κ1) is 21.4. The predicted octanol–water partition coefficient (Wildman–Crippen LogP) is 7.33. The molecule has 4 aliphatic carbocycles. The third-order valence-electron chi connectivity index (χ3n) is 9.94. The zero-order valence-corrected chi connectivity index (χ0v) is 19.7. The Morgan fingerprint density at radius 1 is 1.03 bits per heavy atom. The van der Waals surface area contributed by atoms with Crippen LogP contribution in [0.5, 0.6) is 0 Å². The summed E-state index contributed by atoms with van der Waals surface area (Å²) in [4.78, 5) is 0. The summed E-state index contributed by atoms with van der Waals surface area (Å²) in [5, 5.41) is 10.2. The molecule has 4 aliphatic rings. The second-order valence-electron chi connectivity index (χ2n) is 11.8. The first-order valence-corrected chi connectivity index (χ1v) is 12.4. The summed E-state index contributed by atoms with van der Waals surface area (Å²) in [5.41, 5.74) is 4.11. The normalized spacial score (nSPS) is 44.0. The second-order valence-corrected chi connectivity index (χ2v) is 11.8. The number of allylic oxidation sites excluding steroid dienone is 6. The Morgan fingerprint density at radius 3 is 2.52 bits per heavy atom. The van der Waals surface area contributed by atoms with Gasteiger partial charge < -0.3 is 5.11 Å². The molecule has 0 aliphatic heterocycles. The van der Waals surface area contributed by atoms with Crippen molar-refractivity contribution >= 4 is 0 Å². The third kappa shape index (κ3) is 3.50. The molecule has 0 amide bonds. The van der Waals surface area contributed by atoms with Gasteiger partial charge in [-0.25, -0.2) is 0 Å². The molecular weight excluding hydrogens is 352 g/mol. The first-order valence-electron chi connectivity index (χ1n) is 12.4. The van der Waals surface area contributed by atoms with Gasteiger partial charge in [-0.2, -0.15) is 0 Å². The van der Waals surface area contributed by atoms with Gasteiger partial charge in [-0.3, -0.25) is 0 Å². The summed E-state index contributed by atoms with van der Waals surface area (Å²) in [5.74, 6) is 4.23. The lowest BCUT2D eigenvalue weighted by atomic mass is 9.51. The molecule has 8 atom stereocenters. The molecule has 1 nitrogen and oxygen atoms in total. The minimum atomic E-state index is -0.0748. The van der Waals surface area contributed by atoms with E-state index in [2.05, 4.69) is 65.8 Å². The van der Waals surface area contributed by atoms with Crippen LogP contribution in [-0.2, 0) is 0 Å². The predicted molar refractivity (Wildman–Crippen MR) is 123 cm³/mol. The van der Waals surface area contributed by atoms with Crippen molar-refractivity contribution in [2.75, 3.05) is 0 Å². The smallest absolute Gasteiger partial charge is 0.0543 e. The van der Waals surface area contributed by atoms with Crippen LogP contribution in [0, 0.1) is 46.3 Å². The maximum atomic E-state index is 10.2. The molecule has 2 fully saturated rings. The molecule has 29 heavy (non-hydrogen) atoms. The molecule has 0 unspecified atom stereocenters. The van der Waals surface area contributed by atoms with E-state index in [1.165, 1.54) is 32.1 Å². The number of hydrogen-bond donors (Lipinski definition) is 1. The van der Waals surface area contributed by atoms with Crippen molar-refractivity contribution in [2.24, 2.45) is 46.3 Å². The lowest BCUT2D eigenvalue weighted by molar-refractivity contribution is 0.0316. The maximum Gasteiger partial charge on any atom is 0.0543 e. The van der Waals surface area contributed by atoms with Gasteiger partial charge in [-0.05, 0) is 102 Å². The van der Waals surface area contributed by atoms with E-state index in [-0.39, 0.29) is 6.10 Å². The summed E-state index contributed by atoms with van der Waals surface area (Å²) in [7, 11) is 0. The van der Waals surface area contributed by atoms with Gasteiger partial charge in [0.25, 0.3) is 0 Å². The fourth-order valence-corrected chi connectivity index (χ4v) is 7.44. The van der Waals surface area contributed by atoms with Gasteiger partial charge in [0.05, 0.1) is 6.10 Å². The van der Waals surface area contributed by atoms with Crippen LogP contribution in [0.1, 0.15) is 86.5 Å². The Labute approximate surface area is 179 Å². The quantitative estimate of drug-likeness (QED) is 0.493. The molecule has 0 heterocycles. The number of rotatable bonds is 4. The lowest BCUT2D eigenvalue weighted by Gasteiger charge is -2.53. The summed E-state index contributed by atoms with van der Waals surface area (Å²) < 4.78 is 0. The van der Waals surface area contributed by atoms with E-state index in [0.717, 1.165) is 30.6 Å². The Hall–Kier alpha value is -0.820. The average Bonchev–Trinajstić information content (AvgIpc) is 3.03. The van der Waals surface area contributed by atoms with Gasteiger partial charge >= 0.3 is 0 Å². The van der Waals surface area contributed by atoms with Crippen LogP contribution in [0.3, 0.4) is 0 Å². The summed E-state index contributed by atoms with van der Waals surface area (Å²) in [6.07, 6.45) is 18.5. The van der Waals surface area contributed by atoms with Gasteiger partial charge in [-0.1, -0.05) is 65.8 Å². The van der Waals surface area contributed by atoms with Gasteiger partial charge in [0.2, 0.25) is 0 Å². The molecule has 162 valence electrons. The molecule has 0 aromatic carbocycles. The third-order valence-corrected chi connectivity index (χ3v) is 9.94. The van der Waals surface area contributed by atoms with E-state index in [1.807, 2.05) is 0 Å². The fraction of sp³-hybridized carbons (Fsp3) is 0.786. The number of fused-ring (bicyclic) bond motifs is 5. The number of hydrogen-bond acceptors (Lipinski definition) is 1. The van der Waals surface area contributed by atoms with Gasteiger partial charge in [-0.15, -0.1) is 0 Å². The van der Waals surface area contributed by atoms with Crippen molar-refractivity contribution < 1.29 is 5.11 Å². The van der Waals surface area contributed by atoms with Crippen molar-refractivity contribution in [3.8, 4) is 0 Å². The Kier molecular flexibility index (Phi) is 5.69. The highest BCUT2D eigenvalue weighted by Gasteiger charge is 2.55. The number of aliphatic hydroxyl groups is 1. The Bertz CT molecular complexity index is 712. The fourth-order valence-electron chi connectivity index (χ4n) is 7.44. The van der Waals surface area contributed by atoms with Crippen molar-refractivity contribution in [3.63, 3.8) is 0 Å². The van der Waals surface area contributed by atoms with Crippen LogP contribution >= 0.6 is 0 Å². The molecule has 4 rings (SSSR count). The maximum absolute atomic E-state index is 10.2. The SMILES string of the molecule is CC(C)[C@@H](C)C=C[C@@H](C)[C@H]1CC[C@H]2C3=CC[C@H]4C[C@@H](O)CC[C@]4(C)C3=CC[C@]12C. The summed E-state index contributed by atoms with van der Waals surface area (Å²) in [6.45, 7) is 14.6. The van der Waals surface area contributed by atoms with Crippen LogP contribution in [0.2, 0.25) is 0 Å². The molecule has 0 radical (unpaired) electrons. The molecule has 0 saturated heterocycles. The monoisotopic (exact) mass is 396 g/mol. The van der Waals surface area contributed by atoms with E-state index in [0.29, 0.717) is 28.6 Å². The minimum absolute atomic E-state index is 0.0748. The first-order chi connectivity index (χ1) is 13.7. The Morgan fingerprint density at radius 2 is 1.79 bits per heavy atom. The molecule has 1 N–H and O–H groups in total. The van der Waals surface area contributed by atoms with Crippen LogP contribution in [-0.4, -0.2) is 11.2 Å². The van der Waals surface area contributed by atoms with Crippen LogP contribution in [0.4, 0.5) is 0 Å². The van der Waals surface area contributed by atoms with Gasteiger partial charge in [0.15, 0.2) is 0 Å². The zero-order chi connectivity index (χ0) is 21.0. The summed E-state index contributed by atoms with van der Waals surface area (Å²) in [6, 6.07) is 0. The van der Waals surface area contributed by atoms with Gasteiger partial charge in [0, 0.05) is 0 Å². The zero-order valence-electron chi connectivity index (χ0n) is 19.7. The molecule has 0 aromatic heterocycles. The largest absolute Gasteiger partial charge is 0.393 e. The van der Waals surface area contributed by atoms with Crippen LogP contribution in [0.25, 0.3) is 0 Å². The molecule has 0 spiro atoms. The molecule has 0 aromatic rings. The van der Waals surface area contributed by atoms with Gasteiger partial charge in [0.1, 0.15) is 0 Å². The minimum Gasteiger partial charge on any atom is -0.393 e. The molecule has 0 bridgehead atoms. The molecule has 2 saturated carbocycles. The Balaban J connectivity index is 1.58. The van der Waals surface area contributed by atoms with E-state index in [1.54, 1.807) is 11.1 Å². The highest BCUT2D eigenvalue weighted by molar-refractivity contribution is 5.46. The molecule has 1 heteroatoms. The van der Waals surface area contributed by atoms with Crippen molar-refractivity contribution in [2.45, 2.75) is 92.6 Å². The highest BCUT2D eigenvalue weighted by Crippen LogP contribution is 2.64. The van der Waals surface area contributed by atoms with Crippen molar-refractivity contribution in [3.05, 3.63) is 35.5 Å². The van der Waals surface area contributed by atoms with Crippen molar-refractivity contribution in [1.29, 1.82) is 0 Å². The van der Waals surface area contributed by atoms with E-state index in [9.17, 15) is 5.11 Å². The van der Waals surface area contributed by atoms with E-state index >= 15 is 0 Å². The lowest BCUT2D eigenvalue weighted by Crippen LogP contribution is -2.44. The second kappa shape index (κ2) is 7.70. The van der Waals surface area contributed by atoms with Crippen LogP contribution in [0.15, 0.2) is 35.5 Å². The summed E-state index contributed by atoms with van der Waals surface area (Å²) >= 11 is 0. The topological polar surface area (TPSA) is 20.2 Å². The molecular formula is C28H44O. The van der Waals surface area contributed by atoms with E-state index < -0.39 is 0 Å². The van der Waals surface area contributed by atoms with E-state index in [4.69, 9.17) is 0 Å². The highest BCUT2D eigenvalue weighted by atomic mass is 16.3. The standard InChI is InChI=1S/C28H44O/c1-18(2)19(3)7-8-20(4)24-11-12-25-23-10-9-21-17-22(29)13-15-27(21,5)26(23)14-16-28(24,25)6/h7-8,10,14,18-22,24-25,29H,9,11-13,15-17H2,1-6H3/t19-,20+,21-,22-,24+,25-,27-,28+/m0/s1. The van der Waals surface area contributed by atoms with Crippen molar-refractivity contribution in [1.82, 2.24) is 0 Å².